The first-order chi connectivity index (χ1) is 11.8. The number of aliphatic hydroxyl groups is 1. The molecule has 0 aliphatic carbocycles. The van der Waals surface area contributed by atoms with Gasteiger partial charge in [0.15, 0.2) is 0 Å². The lowest BCUT2D eigenvalue weighted by atomic mass is 10.1. The van der Waals surface area contributed by atoms with Gasteiger partial charge in [0.25, 0.3) is 0 Å². The summed E-state index contributed by atoms with van der Waals surface area (Å²) in [6, 6.07) is 11.1. The minimum atomic E-state index is -3.80. The van der Waals surface area contributed by atoms with E-state index >= 15 is 0 Å². The van der Waals surface area contributed by atoms with Crippen LogP contribution in [0.2, 0.25) is 5.02 Å². The molecule has 0 heterocycles. The summed E-state index contributed by atoms with van der Waals surface area (Å²) in [6.07, 6.45) is -0.997. The summed E-state index contributed by atoms with van der Waals surface area (Å²) in [4.78, 5) is 0.0265. The van der Waals surface area contributed by atoms with Gasteiger partial charge in [0, 0.05) is 13.6 Å². The Morgan fingerprint density at radius 2 is 1.88 bits per heavy atom. The predicted octanol–water partition coefficient (Wildman–Crippen LogP) is 2.71. The molecule has 8 heteroatoms. The summed E-state index contributed by atoms with van der Waals surface area (Å²) in [5.41, 5.74) is 0.564. The van der Waals surface area contributed by atoms with Crippen LogP contribution in [-0.4, -0.2) is 45.6 Å². The molecule has 1 atom stereocenters. The Labute approximate surface area is 152 Å². The Balaban J connectivity index is 2.20. The summed E-state index contributed by atoms with van der Waals surface area (Å²) < 4.78 is 36.5. The lowest BCUT2D eigenvalue weighted by Crippen LogP contribution is -2.31. The molecule has 6 nitrogen and oxygen atoms in total. The lowest BCUT2D eigenvalue weighted by Gasteiger charge is -2.21. The number of benzene rings is 2. The van der Waals surface area contributed by atoms with Gasteiger partial charge in [-0.05, 0) is 35.9 Å². The number of aliphatic hydroxyl groups excluding tert-OH is 1. The van der Waals surface area contributed by atoms with Crippen molar-refractivity contribution in [2.24, 2.45) is 0 Å². The van der Waals surface area contributed by atoms with Crippen LogP contribution in [0, 0.1) is 0 Å². The van der Waals surface area contributed by atoms with Crippen LogP contribution in [0.1, 0.15) is 11.7 Å². The van der Waals surface area contributed by atoms with Gasteiger partial charge >= 0.3 is 0 Å². The molecule has 25 heavy (non-hydrogen) atoms. The fourth-order valence-electron chi connectivity index (χ4n) is 2.28. The van der Waals surface area contributed by atoms with Crippen LogP contribution < -0.4 is 9.47 Å². The minimum Gasteiger partial charge on any atom is -0.497 e. The normalized spacial score (nSPS) is 12.9. The topological polar surface area (TPSA) is 76.1 Å². The van der Waals surface area contributed by atoms with Gasteiger partial charge in [0.2, 0.25) is 10.0 Å². The van der Waals surface area contributed by atoms with Crippen LogP contribution in [0.5, 0.6) is 11.5 Å². The third kappa shape index (κ3) is 4.43. The molecule has 2 aromatic carbocycles. The second-order valence-corrected chi connectivity index (χ2v) is 7.83. The molecule has 136 valence electrons. The van der Waals surface area contributed by atoms with Gasteiger partial charge in [-0.25, -0.2) is 8.42 Å². The van der Waals surface area contributed by atoms with Crippen molar-refractivity contribution >= 4 is 21.6 Å². The van der Waals surface area contributed by atoms with Gasteiger partial charge in [-0.15, -0.1) is 0 Å². The Kier molecular flexibility index (Phi) is 6.29. The van der Waals surface area contributed by atoms with Crippen molar-refractivity contribution in [2.45, 2.75) is 11.0 Å². The molecule has 0 fully saturated rings. The summed E-state index contributed by atoms with van der Waals surface area (Å²) in [5, 5.41) is 10.5. The molecule has 0 amide bonds. The van der Waals surface area contributed by atoms with Gasteiger partial charge in [-0.3, -0.25) is 0 Å². The number of ether oxygens (including phenoxy) is 2. The summed E-state index contributed by atoms with van der Waals surface area (Å²) in [5.74, 6) is 0.976. The highest BCUT2D eigenvalue weighted by Gasteiger charge is 2.24. The van der Waals surface area contributed by atoms with Gasteiger partial charge < -0.3 is 14.6 Å². The van der Waals surface area contributed by atoms with Crippen molar-refractivity contribution in [3.63, 3.8) is 0 Å². The SMILES string of the molecule is COc1cccc(C(O)CN(C)S(=O)(=O)c2ccc(OC)c(Cl)c2)c1. The Morgan fingerprint density at radius 3 is 2.48 bits per heavy atom. The minimum absolute atomic E-state index is 0.0265. The van der Waals surface area contributed by atoms with Gasteiger partial charge in [-0.2, -0.15) is 4.31 Å². The van der Waals surface area contributed by atoms with E-state index in [2.05, 4.69) is 0 Å². The number of nitrogens with zero attached hydrogens (tertiary/aromatic N) is 1. The number of hydrogen-bond acceptors (Lipinski definition) is 5. The van der Waals surface area contributed by atoms with E-state index in [4.69, 9.17) is 21.1 Å². The van der Waals surface area contributed by atoms with Gasteiger partial charge in [-0.1, -0.05) is 23.7 Å². The van der Waals surface area contributed by atoms with E-state index in [1.54, 1.807) is 24.3 Å². The van der Waals surface area contributed by atoms with Crippen molar-refractivity contribution < 1.29 is 23.0 Å². The fraction of sp³-hybridized carbons (Fsp3) is 0.294. The van der Waals surface area contributed by atoms with Crippen molar-refractivity contribution in [1.82, 2.24) is 4.31 Å². The number of hydrogen-bond donors (Lipinski definition) is 1. The van der Waals surface area contributed by atoms with Crippen LogP contribution in [0.25, 0.3) is 0 Å². The molecule has 0 aromatic heterocycles. The Bertz CT molecular complexity index is 841. The van der Waals surface area contributed by atoms with Gasteiger partial charge in [0.05, 0.1) is 30.2 Å². The molecule has 0 saturated carbocycles. The number of likely N-dealkylation sites (N-methyl/N-ethyl adjacent to an activating group) is 1. The molecule has 0 radical (unpaired) electrons. The molecular formula is C17H20ClNO5S. The highest BCUT2D eigenvalue weighted by atomic mass is 35.5. The standard InChI is InChI=1S/C17H20ClNO5S/c1-19(11-16(20)12-5-4-6-13(9-12)23-2)25(21,22)14-7-8-17(24-3)15(18)10-14/h4-10,16,20H,11H2,1-3H3. The van der Waals surface area contributed by atoms with E-state index in [1.807, 2.05) is 0 Å². The molecule has 2 aromatic rings. The second kappa shape index (κ2) is 8.05. The first-order valence-corrected chi connectivity index (χ1v) is 9.23. The van der Waals surface area contributed by atoms with E-state index < -0.39 is 16.1 Å². The lowest BCUT2D eigenvalue weighted by molar-refractivity contribution is 0.154. The van der Waals surface area contributed by atoms with Crippen LogP contribution in [0.4, 0.5) is 0 Å². The van der Waals surface area contributed by atoms with E-state index in [-0.39, 0.29) is 16.5 Å². The van der Waals surface area contributed by atoms with Crippen molar-refractivity contribution in [3.05, 3.63) is 53.1 Å². The summed E-state index contributed by atoms with van der Waals surface area (Å²) >= 11 is 6.00. The molecule has 0 aliphatic rings. The quantitative estimate of drug-likeness (QED) is 0.793. The zero-order valence-electron chi connectivity index (χ0n) is 14.1. The molecule has 0 bridgehead atoms. The van der Waals surface area contributed by atoms with Crippen LogP contribution in [0.3, 0.4) is 0 Å². The maximum absolute atomic E-state index is 12.7. The maximum Gasteiger partial charge on any atom is 0.242 e. The fourth-order valence-corrected chi connectivity index (χ4v) is 3.81. The second-order valence-electron chi connectivity index (χ2n) is 5.37. The van der Waals surface area contributed by atoms with E-state index in [0.717, 1.165) is 4.31 Å². The molecule has 1 unspecified atom stereocenters. The maximum atomic E-state index is 12.7. The number of methoxy groups -OCH3 is 2. The zero-order valence-corrected chi connectivity index (χ0v) is 15.7. The highest BCUT2D eigenvalue weighted by molar-refractivity contribution is 7.89. The van der Waals surface area contributed by atoms with E-state index in [0.29, 0.717) is 17.1 Å². The third-order valence-electron chi connectivity index (χ3n) is 3.74. The molecule has 0 aliphatic heterocycles. The van der Waals surface area contributed by atoms with E-state index in [1.165, 1.54) is 39.5 Å². The first kappa shape index (κ1) is 19.5. The van der Waals surface area contributed by atoms with Crippen LogP contribution >= 0.6 is 11.6 Å². The van der Waals surface area contributed by atoms with E-state index in [9.17, 15) is 13.5 Å². The van der Waals surface area contributed by atoms with Crippen molar-refractivity contribution in [3.8, 4) is 11.5 Å². The predicted molar refractivity (Wildman–Crippen MR) is 95.8 cm³/mol. The molecule has 0 saturated heterocycles. The largest absolute Gasteiger partial charge is 0.497 e. The number of sulfonamides is 1. The summed E-state index contributed by atoms with van der Waals surface area (Å²) in [6.45, 7) is -0.112. The monoisotopic (exact) mass is 385 g/mol. The average Bonchev–Trinajstić information content (AvgIpc) is 2.61. The number of halogens is 1. The van der Waals surface area contributed by atoms with Crippen LogP contribution in [0.15, 0.2) is 47.4 Å². The third-order valence-corrected chi connectivity index (χ3v) is 5.85. The van der Waals surface area contributed by atoms with Crippen LogP contribution in [-0.2, 0) is 10.0 Å². The highest BCUT2D eigenvalue weighted by Crippen LogP contribution is 2.29. The first-order valence-electron chi connectivity index (χ1n) is 7.41. The smallest absolute Gasteiger partial charge is 0.242 e. The summed E-state index contributed by atoms with van der Waals surface area (Å²) in [7, 11) is 0.570. The molecule has 2 rings (SSSR count). The van der Waals surface area contributed by atoms with Crippen molar-refractivity contribution in [2.75, 3.05) is 27.8 Å². The Morgan fingerprint density at radius 1 is 1.16 bits per heavy atom. The average molecular weight is 386 g/mol. The molecular weight excluding hydrogens is 366 g/mol. The molecule has 0 spiro atoms. The van der Waals surface area contributed by atoms with Gasteiger partial charge in [0.1, 0.15) is 11.5 Å². The number of rotatable bonds is 7. The van der Waals surface area contributed by atoms with Crippen molar-refractivity contribution in [1.29, 1.82) is 0 Å². The zero-order chi connectivity index (χ0) is 18.6. The molecule has 1 N–H and O–H groups in total. The Hall–Kier alpha value is -1.80.